The summed E-state index contributed by atoms with van der Waals surface area (Å²) in [4.78, 5) is 0. The molecule has 0 aliphatic rings. The van der Waals surface area contributed by atoms with Crippen LogP contribution in [-0.4, -0.2) is 5.16 Å². The Kier molecular flexibility index (Phi) is 4.56. The zero-order valence-electron chi connectivity index (χ0n) is 14.2. The van der Waals surface area contributed by atoms with Gasteiger partial charge in [-0.1, -0.05) is 49.3 Å². The van der Waals surface area contributed by atoms with Crippen molar-refractivity contribution in [1.82, 2.24) is 5.16 Å². The Balaban J connectivity index is 1.93. The topological polar surface area (TPSA) is 61.3 Å². The number of ether oxygens (including phenoxy) is 1. The second kappa shape index (κ2) is 6.79. The van der Waals surface area contributed by atoms with Gasteiger partial charge in [-0.05, 0) is 41.7 Å². The summed E-state index contributed by atoms with van der Waals surface area (Å²) < 4.78 is 11.1. The smallest absolute Gasteiger partial charge is 0.222 e. The number of nitrogens with two attached hydrogens (primary N) is 1. The quantitative estimate of drug-likeness (QED) is 0.723. The Morgan fingerprint density at radius 3 is 2.50 bits per heavy atom. The Morgan fingerprint density at radius 1 is 1.12 bits per heavy atom. The monoisotopic (exact) mass is 322 g/mol. The lowest BCUT2D eigenvalue weighted by Gasteiger charge is -2.17. The molecule has 0 radical (unpaired) electrons. The van der Waals surface area contributed by atoms with Crippen LogP contribution < -0.4 is 10.5 Å². The number of anilines is 1. The molecule has 0 aliphatic carbocycles. The molecule has 3 aromatic rings. The zero-order valence-corrected chi connectivity index (χ0v) is 14.2. The number of hydrogen-bond acceptors (Lipinski definition) is 4. The van der Waals surface area contributed by atoms with Gasteiger partial charge in [0.2, 0.25) is 5.88 Å². The molecule has 3 rings (SSSR count). The number of benzene rings is 2. The maximum absolute atomic E-state index is 6.09. The van der Waals surface area contributed by atoms with Crippen LogP contribution in [0.15, 0.2) is 53.1 Å². The predicted molar refractivity (Wildman–Crippen MR) is 96.0 cm³/mol. The highest BCUT2D eigenvalue weighted by Gasteiger charge is 2.15. The lowest BCUT2D eigenvalue weighted by atomic mass is 9.95. The van der Waals surface area contributed by atoms with Crippen molar-refractivity contribution in [1.29, 1.82) is 0 Å². The zero-order chi connectivity index (χ0) is 17.1. The summed E-state index contributed by atoms with van der Waals surface area (Å²) in [5.74, 6) is 1.56. The fourth-order valence-electron chi connectivity index (χ4n) is 2.70. The summed E-state index contributed by atoms with van der Waals surface area (Å²) in [6.45, 7) is 6.90. The molecule has 0 unspecified atom stereocenters. The molecule has 0 fully saturated rings. The van der Waals surface area contributed by atoms with Crippen LogP contribution in [0, 0.1) is 6.92 Å². The fourth-order valence-corrected chi connectivity index (χ4v) is 2.70. The van der Waals surface area contributed by atoms with Crippen molar-refractivity contribution in [2.24, 2.45) is 0 Å². The van der Waals surface area contributed by atoms with Crippen LogP contribution in [0.1, 0.15) is 36.5 Å². The summed E-state index contributed by atoms with van der Waals surface area (Å²) in [7, 11) is 0. The van der Waals surface area contributed by atoms with Crippen molar-refractivity contribution in [3.05, 3.63) is 65.2 Å². The molecule has 1 aromatic heterocycles. The lowest BCUT2D eigenvalue weighted by Crippen LogP contribution is -2.01. The molecule has 0 atom stereocenters. The van der Waals surface area contributed by atoms with Crippen LogP contribution in [-0.2, 0) is 6.61 Å². The van der Waals surface area contributed by atoms with E-state index >= 15 is 0 Å². The average molecular weight is 322 g/mol. The third-order valence-corrected chi connectivity index (χ3v) is 4.02. The van der Waals surface area contributed by atoms with E-state index in [-0.39, 0.29) is 0 Å². The number of aryl methyl sites for hydroxylation is 1. The molecule has 24 heavy (non-hydrogen) atoms. The van der Waals surface area contributed by atoms with E-state index in [2.05, 4.69) is 43.3 Å². The van der Waals surface area contributed by atoms with Gasteiger partial charge < -0.3 is 15.0 Å². The number of nitrogens with zero attached hydrogens (tertiary/aromatic N) is 1. The summed E-state index contributed by atoms with van der Waals surface area (Å²) in [6, 6.07) is 16.1. The molecule has 0 saturated heterocycles. The van der Waals surface area contributed by atoms with Gasteiger partial charge in [0.15, 0.2) is 0 Å². The second-order valence-corrected chi connectivity index (χ2v) is 6.25. The first-order chi connectivity index (χ1) is 11.5. The standard InChI is InChI=1S/C20H22N2O2/c1-13(2)16-10-17(18-11-20(21)24-22-18)14(3)9-19(16)23-12-15-7-5-4-6-8-15/h4-11,13H,12,21H2,1-3H3. The van der Waals surface area contributed by atoms with E-state index in [0.29, 0.717) is 18.4 Å². The molecular formula is C20H22N2O2. The molecule has 4 nitrogen and oxygen atoms in total. The number of rotatable bonds is 5. The van der Waals surface area contributed by atoms with Gasteiger partial charge >= 0.3 is 0 Å². The first kappa shape index (κ1) is 16.1. The first-order valence-electron chi connectivity index (χ1n) is 8.08. The minimum absolute atomic E-state index is 0.319. The SMILES string of the molecule is Cc1cc(OCc2ccccc2)c(C(C)C)cc1-c1cc(N)on1. The van der Waals surface area contributed by atoms with Gasteiger partial charge in [0.1, 0.15) is 18.1 Å². The molecule has 0 bridgehead atoms. The van der Waals surface area contributed by atoms with E-state index in [1.807, 2.05) is 25.1 Å². The van der Waals surface area contributed by atoms with Gasteiger partial charge in [-0.15, -0.1) is 0 Å². The van der Waals surface area contributed by atoms with Crippen molar-refractivity contribution < 1.29 is 9.26 Å². The van der Waals surface area contributed by atoms with E-state index in [1.165, 1.54) is 0 Å². The van der Waals surface area contributed by atoms with Gasteiger partial charge in [0, 0.05) is 11.6 Å². The molecule has 2 aromatic carbocycles. The van der Waals surface area contributed by atoms with Crippen molar-refractivity contribution in [2.75, 3.05) is 5.73 Å². The maximum Gasteiger partial charge on any atom is 0.222 e. The normalized spacial score (nSPS) is 11.0. The Bertz CT molecular complexity index is 823. The van der Waals surface area contributed by atoms with Crippen LogP contribution in [0.4, 0.5) is 5.88 Å². The predicted octanol–water partition coefficient (Wildman–Crippen LogP) is 4.93. The van der Waals surface area contributed by atoms with Gasteiger partial charge in [-0.25, -0.2) is 0 Å². The van der Waals surface area contributed by atoms with Crippen LogP contribution in [0.3, 0.4) is 0 Å². The number of hydrogen-bond donors (Lipinski definition) is 1. The lowest BCUT2D eigenvalue weighted by molar-refractivity contribution is 0.301. The Labute approximate surface area is 142 Å². The third-order valence-electron chi connectivity index (χ3n) is 4.02. The number of nitrogen functional groups attached to an aromatic ring is 1. The van der Waals surface area contributed by atoms with Crippen LogP contribution >= 0.6 is 0 Å². The minimum atomic E-state index is 0.319. The summed E-state index contributed by atoms with van der Waals surface area (Å²) >= 11 is 0. The molecule has 0 spiro atoms. The van der Waals surface area contributed by atoms with E-state index < -0.39 is 0 Å². The molecule has 0 aliphatic heterocycles. The van der Waals surface area contributed by atoms with E-state index in [4.69, 9.17) is 15.0 Å². The highest BCUT2D eigenvalue weighted by atomic mass is 16.5. The average Bonchev–Trinajstić information content (AvgIpc) is 2.99. The van der Waals surface area contributed by atoms with Crippen molar-refractivity contribution >= 4 is 5.88 Å². The minimum Gasteiger partial charge on any atom is -0.489 e. The van der Waals surface area contributed by atoms with E-state index in [1.54, 1.807) is 6.07 Å². The molecular weight excluding hydrogens is 300 g/mol. The molecule has 0 amide bonds. The van der Waals surface area contributed by atoms with Gasteiger partial charge in [-0.3, -0.25) is 0 Å². The molecule has 1 heterocycles. The molecule has 2 N–H and O–H groups in total. The van der Waals surface area contributed by atoms with Crippen LogP contribution in [0.5, 0.6) is 5.75 Å². The Morgan fingerprint density at radius 2 is 1.88 bits per heavy atom. The van der Waals surface area contributed by atoms with Gasteiger partial charge in [-0.2, -0.15) is 0 Å². The first-order valence-corrected chi connectivity index (χ1v) is 8.08. The molecule has 124 valence electrons. The highest BCUT2D eigenvalue weighted by Crippen LogP contribution is 2.35. The summed E-state index contributed by atoms with van der Waals surface area (Å²) in [6.07, 6.45) is 0. The maximum atomic E-state index is 6.09. The molecule has 0 saturated carbocycles. The van der Waals surface area contributed by atoms with Gasteiger partial charge in [0.25, 0.3) is 0 Å². The highest BCUT2D eigenvalue weighted by molar-refractivity contribution is 5.68. The van der Waals surface area contributed by atoms with E-state index in [9.17, 15) is 0 Å². The van der Waals surface area contributed by atoms with Crippen LogP contribution in [0.2, 0.25) is 0 Å². The van der Waals surface area contributed by atoms with Crippen LogP contribution in [0.25, 0.3) is 11.3 Å². The van der Waals surface area contributed by atoms with E-state index in [0.717, 1.165) is 33.7 Å². The fraction of sp³-hybridized carbons (Fsp3) is 0.250. The number of aromatic nitrogens is 1. The second-order valence-electron chi connectivity index (χ2n) is 6.25. The largest absolute Gasteiger partial charge is 0.489 e. The van der Waals surface area contributed by atoms with Crippen molar-refractivity contribution in [3.8, 4) is 17.0 Å². The summed E-state index contributed by atoms with van der Waals surface area (Å²) in [5, 5.41) is 4.03. The Hall–Kier alpha value is -2.75. The van der Waals surface area contributed by atoms with Crippen molar-refractivity contribution in [2.45, 2.75) is 33.3 Å². The summed E-state index contributed by atoms with van der Waals surface area (Å²) in [5.41, 5.74) is 10.8. The van der Waals surface area contributed by atoms with Gasteiger partial charge in [0.05, 0.1) is 0 Å². The molecule has 4 heteroatoms. The van der Waals surface area contributed by atoms with Crippen molar-refractivity contribution in [3.63, 3.8) is 0 Å². The third kappa shape index (κ3) is 3.43.